The fourth-order valence-corrected chi connectivity index (χ4v) is 2.80. The van der Waals surface area contributed by atoms with Crippen LogP contribution in [0.4, 0.5) is 0 Å². The Bertz CT molecular complexity index is 1040. The molecule has 1 unspecified atom stereocenters. The molecule has 0 spiro atoms. The number of rotatable bonds is 7. The molecule has 0 fully saturated rings. The number of hydrogen-bond donors (Lipinski definition) is 3. The second kappa shape index (κ2) is 9.62. The predicted octanol–water partition coefficient (Wildman–Crippen LogP) is 4.35. The van der Waals surface area contributed by atoms with Crippen LogP contribution in [0.2, 0.25) is 0 Å². The van der Waals surface area contributed by atoms with E-state index in [-0.39, 0.29) is 17.2 Å². The lowest BCUT2D eigenvalue weighted by atomic mass is 10.1. The fraction of sp³-hybridized carbons (Fsp3) is 0.125. The smallest absolute Gasteiger partial charge is 0.308 e. The minimum atomic E-state index is -1.10. The molecule has 3 rings (SSSR count). The number of benzene rings is 3. The van der Waals surface area contributed by atoms with E-state index in [1.54, 1.807) is 18.2 Å². The maximum atomic E-state index is 11.5. The van der Waals surface area contributed by atoms with Gasteiger partial charge in [-0.25, -0.2) is 0 Å². The van der Waals surface area contributed by atoms with Crippen molar-refractivity contribution in [2.45, 2.75) is 19.6 Å². The van der Waals surface area contributed by atoms with Crippen molar-refractivity contribution in [3.8, 4) is 23.0 Å². The van der Waals surface area contributed by atoms with Gasteiger partial charge < -0.3 is 24.8 Å². The van der Waals surface area contributed by atoms with Crippen LogP contribution in [0, 0.1) is 0 Å². The lowest BCUT2D eigenvalue weighted by Gasteiger charge is -2.14. The molecule has 6 heteroatoms. The van der Waals surface area contributed by atoms with Gasteiger partial charge in [-0.2, -0.15) is 0 Å². The summed E-state index contributed by atoms with van der Waals surface area (Å²) in [6.45, 7) is 1.63. The first-order valence-corrected chi connectivity index (χ1v) is 9.29. The van der Waals surface area contributed by atoms with Crippen molar-refractivity contribution in [1.82, 2.24) is 0 Å². The van der Waals surface area contributed by atoms with E-state index in [0.717, 1.165) is 5.56 Å². The van der Waals surface area contributed by atoms with Crippen LogP contribution >= 0.6 is 0 Å². The zero-order chi connectivity index (χ0) is 21.5. The summed E-state index contributed by atoms with van der Waals surface area (Å²) in [5, 5.41) is 29.8. The fourth-order valence-electron chi connectivity index (χ4n) is 2.80. The Hall–Kier alpha value is -3.77. The highest BCUT2D eigenvalue weighted by atomic mass is 16.5. The third kappa shape index (κ3) is 5.62. The van der Waals surface area contributed by atoms with Gasteiger partial charge in [0, 0.05) is 30.2 Å². The van der Waals surface area contributed by atoms with Gasteiger partial charge in [0.05, 0.1) is 0 Å². The van der Waals surface area contributed by atoms with E-state index in [2.05, 4.69) is 0 Å². The molecule has 3 N–H and O–H groups in total. The SMILES string of the molecule is CC(=O)Oc1cc(OCc2ccccc2)ccc1C(O)C=Cc1ccc(O)cc1O. The number of ether oxygens (including phenoxy) is 2. The van der Waals surface area contributed by atoms with E-state index in [0.29, 0.717) is 23.5 Å². The average molecular weight is 406 g/mol. The maximum absolute atomic E-state index is 11.5. The first kappa shape index (κ1) is 21.0. The topological polar surface area (TPSA) is 96.2 Å². The van der Waals surface area contributed by atoms with Crippen molar-refractivity contribution in [3.05, 3.63) is 89.5 Å². The monoisotopic (exact) mass is 406 g/mol. The summed E-state index contributed by atoms with van der Waals surface area (Å²) in [5.41, 5.74) is 1.78. The van der Waals surface area contributed by atoms with Crippen LogP contribution in [0.15, 0.2) is 72.8 Å². The number of hydrogen-bond acceptors (Lipinski definition) is 6. The van der Waals surface area contributed by atoms with Gasteiger partial charge in [0.15, 0.2) is 0 Å². The van der Waals surface area contributed by atoms with Crippen molar-refractivity contribution >= 4 is 12.0 Å². The van der Waals surface area contributed by atoms with Crippen molar-refractivity contribution in [1.29, 1.82) is 0 Å². The molecule has 0 saturated heterocycles. The second-order valence-corrected chi connectivity index (χ2v) is 6.61. The zero-order valence-corrected chi connectivity index (χ0v) is 16.4. The van der Waals surface area contributed by atoms with E-state index < -0.39 is 12.1 Å². The van der Waals surface area contributed by atoms with Gasteiger partial charge in [-0.15, -0.1) is 0 Å². The van der Waals surface area contributed by atoms with Crippen LogP contribution in [0.3, 0.4) is 0 Å². The molecular formula is C24H22O6. The zero-order valence-electron chi connectivity index (χ0n) is 16.4. The van der Waals surface area contributed by atoms with Crippen LogP contribution in [0.1, 0.15) is 29.7 Å². The number of carbonyl (C=O) groups is 1. The van der Waals surface area contributed by atoms with Gasteiger partial charge in [-0.3, -0.25) is 4.79 Å². The number of aromatic hydroxyl groups is 2. The first-order valence-electron chi connectivity index (χ1n) is 9.29. The third-order valence-electron chi connectivity index (χ3n) is 4.28. The van der Waals surface area contributed by atoms with Gasteiger partial charge in [0.2, 0.25) is 0 Å². The Morgan fingerprint density at radius 1 is 1.03 bits per heavy atom. The van der Waals surface area contributed by atoms with Crippen LogP contribution in [-0.2, 0) is 11.4 Å². The lowest BCUT2D eigenvalue weighted by molar-refractivity contribution is -0.131. The van der Waals surface area contributed by atoms with Gasteiger partial charge in [-0.1, -0.05) is 42.5 Å². The predicted molar refractivity (Wildman–Crippen MR) is 112 cm³/mol. The summed E-state index contributed by atoms with van der Waals surface area (Å²) >= 11 is 0. The molecule has 0 radical (unpaired) electrons. The molecule has 0 bridgehead atoms. The molecule has 1 atom stereocenters. The van der Waals surface area contributed by atoms with E-state index >= 15 is 0 Å². The normalized spacial score (nSPS) is 11.9. The summed E-state index contributed by atoms with van der Waals surface area (Å²) in [4.78, 5) is 11.5. The first-order chi connectivity index (χ1) is 14.4. The molecule has 0 aliphatic carbocycles. The molecule has 30 heavy (non-hydrogen) atoms. The van der Waals surface area contributed by atoms with E-state index in [4.69, 9.17) is 9.47 Å². The number of aliphatic hydroxyl groups is 1. The number of esters is 1. The largest absolute Gasteiger partial charge is 0.508 e. The highest BCUT2D eigenvalue weighted by molar-refractivity contribution is 5.70. The molecule has 0 amide bonds. The third-order valence-corrected chi connectivity index (χ3v) is 4.28. The van der Waals surface area contributed by atoms with E-state index in [1.165, 1.54) is 37.3 Å². The molecule has 0 saturated carbocycles. The van der Waals surface area contributed by atoms with Crippen molar-refractivity contribution in [3.63, 3.8) is 0 Å². The second-order valence-electron chi connectivity index (χ2n) is 6.61. The maximum Gasteiger partial charge on any atom is 0.308 e. The van der Waals surface area contributed by atoms with E-state index in [1.807, 2.05) is 30.3 Å². The molecule has 3 aromatic carbocycles. The lowest BCUT2D eigenvalue weighted by Crippen LogP contribution is -2.06. The Labute approximate surface area is 174 Å². The quantitative estimate of drug-likeness (QED) is 0.399. The summed E-state index contributed by atoms with van der Waals surface area (Å²) in [5.74, 6) is -0.0353. The van der Waals surface area contributed by atoms with Gasteiger partial charge in [-0.05, 0) is 29.8 Å². The van der Waals surface area contributed by atoms with Crippen LogP contribution in [0.25, 0.3) is 6.08 Å². The molecule has 3 aromatic rings. The Kier molecular flexibility index (Phi) is 6.72. The summed E-state index contributed by atoms with van der Waals surface area (Å²) < 4.78 is 11.0. The molecule has 0 aromatic heterocycles. The molecule has 154 valence electrons. The Balaban J connectivity index is 1.79. The number of phenolic OH excluding ortho intramolecular Hbond substituents is 2. The van der Waals surface area contributed by atoms with Gasteiger partial charge in [0.1, 0.15) is 35.7 Å². The minimum absolute atomic E-state index is 0.0616. The highest BCUT2D eigenvalue weighted by Crippen LogP contribution is 2.32. The molecule has 0 heterocycles. The van der Waals surface area contributed by atoms with Crippen LogP contribution in [-0.4, -0.2) is 21.3 Å². The van der Waals surface area contributed by atoms with Crippen molar-refractivity contribution in [2.24, 2.45) is 0 Å². The molecule has 6 nitrogen and oxygen atoms in total. The van der Waals surface area contributed by atoms with E-state index in [9.17, 15) is 20.1 Å². The minimum Gasteiger partial charge on any atom is -0.508 e. The average Bonchev–Trinajstić information content (AvgIpc) is 2.72. The highest BCUT2D eigenvalue weighted by Gasteiger charge is 2.15. The van der Waals surface area contributed by atoms with Crippen LogP contribution in [0.5, 0.6) is 23.0 Å². The molecule has 0 aliphatic heterocycles. The number of carbonyl (C=O) groups excluding carboxylic acids is 1. The molecular weight excluding hydrogens is 384 g/mol. The summed E-state index contributed by atoms with van der Waals surface area (Å²) in [7, 11) is 0. The van der Waals surface area contributed by atoms with Crippen molar-refractivity contribution < 1.29 is 29.6 Å². The van der Waals surface area contributed by atoms with Gasteiger partial charge >= 0.3 is 5.97 Å². The standard InChI is InChI=1S/C24H22O6/c1-16(25)30-24-14-20(29-15-17-5-3-2-4-6-17)10-11-21(24)22(27)12-8-18-7-9-19(26)13-23(18)28/h2-14,22,26-28H,15H2,1H3. The Morgan fingerprint density at radius 2 is 1.80 bits per heavy atom. The van der Waals surface area contributed by atoms with Crippen molar-refractivity contribution in [2.75, 3.05) is 0 Å². The number of aliphatic hydroxyl groups excluding tert-OH is 1. The molecule has 0 aliphatic rings. The summed E-state index contributed by atoms with van der Waals surface area (Å²) in [6, 6.07) is 18.6. The number of phenols is 2. The van der Waals surface area contributed by atoms with Gasteiger partial charge in [0.25, 0.3) is 0 Å². The van der Waals surface area contributed by atoms with Crippen LogP contribution < -0.4 is 9.47 Å². The Morgan fingerprint density at radius 3 is 2.50 bits per heavy atom. The summed E-state index contributed by atoms with van der Waals surface area (Å²) in [6.07, 6.45) is 1.85.